The highest BCUT2D eigenvalue weighted by Gasteiger charge is 2.19. The van der Waals surface area contributed by atoms with Gasteiger partial charge in [-0.25, -0.2) is 8.42 Å². The minimum absolute atomic E-state index is 0.286. The molecule has 2 rings (SSSR count). The van der Waals surface area contributed by atoms with E-state index in [1.807, 2.05) is 7.05 Å². The quantitative estimate of drug-likeness (QED) is 0.804. The van der Waals surface area contributed by atoms with Crippen LogP contribution in [0.25, 0.3) is 0 Å². The van der Waals surface area contributed by atoms with Crippen molar-refractivity contribution in [3.63, 3.8) is 0 Å². The SMILES string of the molecule is CNCc1ccc(S(=O)(=O)Nc2nnc(CC(C)C)s2)s1. The number of aromatic nitrogens is 2. The Morgan fingerprint density at radius 1 is 1.24 bits per heavy atom. The smallest absolute Gasteiger partial charge is 0.273 e. The number of thiophene rings is 1. The van der Waals surface area contributed by atoms with Gasteiger partial charge in [0, 0.05) is 17.8 Å². The third-order valence-electron chi connectivity index (χ3n) is 2.52. The minimum Gasteiger partial charge on any atom is -0.315 e. The maximum Gasteiger partial charge on any atom is 0.273 e. The molecule has 0 aromatic carbocycles. The molecule has 116 valence electrons. The standard InChI is InChI=1S/C12H18N4O2S3/c1-8(2)6-10-14-15-12(20-10)16-21(17,18)11-5-4-9(19-11)7-13-3/h4-5,8,13H,6-7H2,1-3H3,(H,15,16). The maximum atomic E-state index is 12.3. The van der Waals surface area contributed by atoms with Crippen LogP contribution in [0, 0.1) is 5.92 Å². The highest BCUT2D eigenvalue weighted by atomic mass is 32.2. The van der Waals surface area contributed by atoms with E-state index < -0.39 is 10.0 Å². The summed E-state index contributed by atoms with van der Waals surface area (Å²) in [7, 11) is -1.75. The van der Waals surface area contributed by atoms with Gasteiger partial charge in [-0.3, -0.25) is 4.72 Å². The number of hydrogen-bond donors (Lipinski definition) is 2. The Morgan fingerprint density at radius 2 is 2.00 bits per heavy atom. The predicted molar refractivity (Wildman–Crippen MR) is 86.3 cm³/mol. The number of hydrogen-bond acceptors (Lipinski definition) is 7. The molecule has 0 aliphatic rings. The van der Waals surface area contributed by atoms with Gasteiger partial charge in [0.2, 0.25) is 5.13 Å². The van der Waals surface area contributed by atoms with Gasteiger partial charge in [-0.15, -0.1) is 21.5 Å². The molecule has 0 saturated heterocycles. The largest absolute Gasteiger partial charge is 0.315 e. The topological polar surface area (TPSA) is 84.0 Å². The minimum atomic E-state index is -3.58. The van der Waals surface area contributed by atoms with Crippen LogP contribution in [0.5, 0.6) is 0 Å². The van der Waals surface area contributed by atoms with Crippen molar-refractivity contribution in [2.75, 3.05) is 11.8 Å². The van der Waals surface area contributed by atoms with E-state index in [4.69, 9.17) is 0 Å². The number of nitrogens with one attached hydrogen (secondary N) is 2. The van der Waals surface area contributed by atoms with Crippen LogP contribution in [0.1, 0.15) is 23.7 Å². The molecule has 2 aromatic rings. The van der Waals surface area contributed by atoms with Crippen LogP contribution in [0.2, 0.25) is 0 Å². The maximum absolute atomic E-state index is 12.3. The van der Waals surface area contributed by atoms with Crippen LogP contribution in [-0.2, 0) is 23.0 Å². The molecule has 9 heteroatoms. The van der Waals surface area contributed by atoms with E-state index >= 15 is 0 Å². The molecule has 2 N–H and O–H groups in total. The molecule has 0 unspecified atom stereocenters. The van der Waals surface area contributed by atoms with Gasteiger partial charge in [0.15, 0.2) is 0 Å². The number of nitrogens with zero attached hydrogens (tertiary/aromatic N) is 2. The molecule has 0 aliphatic heterocycles. The second-order valence-electron chi connectivity index (χ2n) is 4.96. The van der Waals surface area contributed by atoms with E-state index in [2.05, 4.69) is 34.1 Å². The van der Waals surface area contributed by atoms with E-state index in [1.54, 1.807) is 12.1 Å². The highest BCUT2D eigenvalue weighted by molar-refractivity contribution is 7.94. The average molecular weight is 347 g/mol. The first-order valence-electron chi connectivity index (χ1n) is 6.49. The number of rotatable bonds is 7. The van der Waals surface area contributed by atoms with Gasteiger partial charge < -0.3 is 5.32 Å². The zero-order valence-electron chi connectivity index (χ0n) is 12.1. The van der Waals surface area contributed by atoms with Crippen LogP contribution in [0.15, 0.2) is 16.3 Å². The lowest BCUT2D eigenvalue weighted by Crippen LogP contribution is -2.11. The summed E-state index contributed by atoms with van der Waals surface area (Å²) >= 11 is 2.52. The summed E-state index contributed by atoms with van der Waals surface area (Å²) in [5.74, 6) is 0.462. The van der Waals surface area contributed by atoms with E-state index in [0.29, 0.717) is 17.6 Å². The molecule has 0 fully saturated rings. The Hall–Kier alpha value is -1.03. The summed E-state index contributed by atoms with van der Waals surface area (Å²) in [5, 5.41) is 12.0. The fraction of sp³-hybridized carbons (Fsp3) is 0.500. The third-order valence-corrected chi connectivity index (χ3v) is 6.43. The molecule has 21 heavy (non-hydrogen) atoms. The Balaban J connectivity index is 2.11. The molecule has 2 heterocycles. The molecule has 0 saturated carbocycles. The second kappa shape index (κ2) is 6.82. The summed E-state index contributed by atoms with van der Waals surface area (Å²) < 4.78 is 27.3. The normalized spacial score (nSPS) is 12.0. The molecule has 0 bridgehead atoms. The van der Waals surface area contributed by atoms with Crippen LogP contribution >= 0.6 is 22.7 Å². The second-order valence-corrected chi connectivity index (χ2v) is 9.10. The van der Waals surface area contributed by atoms with Gasteiger partial charge in [-0.2, -0.15) is 0 Å². The molecule has 0 radical (unpaired) electrons. The zero-order chi connectivity index (χ0) is 15.5. The molecule has 2 aromatic heterocycles. The summed E-state index contributed by atoms with van der Waals surface area (Å²) in [5.41, 5.74) is 0. The molecular formula is C12H18N4O2S3. The van der Waals surface area contributed by atoms with Crippen molar-refractivity contribution in [1.82, 2.24) is 15.5 Å². The fourth-order valence-corrected chi connectivity index (χ4v) is 5.21. The summed E-state index contributed by atoms with van der Waals surface area (Å²) in [6.07, 6.45) is 0.796. The Kier molecular flexibility index (Phi) is 5.31. The first-order chi connectivity index (χ1) is 9.90. The molecule has 0 spiro atoms. The van der Waals surface area contributed by atoms with Crippen molar-refractivity contribution >= 4 is 37.8 Å². The van der Waals surface area contributed by atoms with E-state index in [9.17, 15) is 8.42 Å². The molecule has 0 amide bonds. The Labute approximate surface area is 132 Å². The van der Waals surface area contributed by atoms with Crippen molar-refractivity contribution < 1.29 is 8.42 Å². The molecule has 0 atom stereocenters. The van der Waals surface area contributed by atoms with Gasteiger partial charge >= 0.3 is 0 Å². The highest BCUT2D eigenvalue weighted by Crippen LogP contribution is 2.26. The van der Waals surface area contributed by atoms with Gasteiger partial charge in [-0.1, -0.05) is 25.2 Å². The average Bonchev–Trinajstić information content (AvgIpc) is 2.98. The van der Waals surface area contributed by atoms with Crippen molar-refractivity contribution in [2.45, 2.75) is 31.0 Å². The Morgan fingerprint density at radius 3 is 2.67 bits per heavy atom. The predicted octanol–water partition coefficient (Wildman–Crippen LogP) is 2.32. The summed E-state index contributed by atoms with van der Waals surface area (Å²) in [6, 6.07) is 3.41. The van der Waals surface area contributed by atoms with Crippen molar-refractivity contribution in [2.24, 2.45) is 5.92 Å². The Bertz CT molecular complexity index is 691. The summed E-state index contributed by atoms with van der Waals surface area (Å²) in [4.78, 5) is 0.968. The third kappa shape index (κ3) is 4.47. The monoisotopic (exact) mass is 346 g/mol. The van der Waals surface area contributed by atoms with Crippen molar-refractivity contribution in [1.29, 1.82) is 0 Å². The lowest BCUT2D eigenvalue weighted by Gasteiger charge is -2.01. The molecular weight excluding hydrogens is 328 g/mol. The van der Waals surface area contributed by atoms with E-state index in [0.717, 1.165) is 16.3 Å². The van der Waals surface area contributed by atoms with Crippen LogP contribution in [0.4, 0.5) is 5.13 Å². The van der Waals surface area contributed by atoms with E-state index in [-0.39, 0.29) is 4.21 Å². The summed E-state index contributed by atoms with van der Waals surface area (Å²) in [6.45, 7) is 4.82. The van der Waals surface area contributed by atoms with Gasteiger partial charge in [0.1, 0.15) is 9.22 Å². The molecule has 6 nitrogen and oxygen atoms in total. The van der Waals surface area contributed by atoms with Crippen molar-refractivity contribution in [3.8, 4) is 0 Å². The van der Waals surface area contributed by atoms with Crippen LogP contribution in [0.3, 0.4) is 0 Å². The fourth-order valence-electron chi connectivity index (χ4n) is 1.66. The molecule has 0 aliphatic carbocycles. The van der Waals surface area contributed by atoms with Crippen LogP contribution < -0.4 is 10.0 Å². The number of anilines is 1. The van der Waals surface area contributed by atoms with Crippen LogP contribution in [-0.4, -0.2) is 25.7 Å². The number of sulfonamides is 1. The zero-order valence-corrected chi connectivity index (χ0v) is 14.5. The first-order valence-corrected chi connectivity index (χ1v) is 9.61. The lowest BCUT2D eigenvalue weighted by molar-refractivity contribution is 0.603. The first kappa shape index (κ1) is 16.3. The lowest BCUT2D eigenvalue weighted by atomic mass is 10.1. The van der Waals surface area contributed by atoms with Crippen molar-refractivity contribution in [3.05, 3.63) is 22.0 Å². The van der Waals surface area contributed by atoms with Gasteiger partial charge in [-0.05, 0) is 25.1 Å². The van der Waals surface area contributed by atoms with Gasteiger partial charge in [0.05, 0.1) is 0 Å². The van der Waals surface area contributed by atoms with Gasteiger partial charge in [0.25, 0.3) is 10.0 Å². The van der Waals surface area contributed by atoms with E-state index in [1.165, 1.54) is 22.7 Å².